The fourth-order valence-electron chi connectivity index (χ4n) is 4.84. The van der Waals surface area contributed by atoms with Crippen molar-refractivity contribution in [3.8, 4) is 22.4 Å². The van der Waals surface area contributed by atoms with Crippen LogP contribution in [0.25, 0.3) is 22.4 Å². The second-order valence-corrected chi connectivity index (χ2v) is 11.9. The summed E-state index contributed by atoms with van der Waals surface area (Å²) in [5.41, 5.74) is 3.80. The van der Waals surface area contributed by atoms with Crippen molar-refractivity contribution >= 4 is 21.7 Å². The van der Waals surface area contributed by atoms with Gasteiger partial charge in [0.1, 0.15) is 5.82 Å². The molecular formula is C27H29FN2O5S. The second kappa shape index (κ2) is 8.97. The van der Waals surface area contributed by atoms with Crippen molar-refractivity contribution in [1.29, 1.82) is 0 Å². The lowest BCUT2D eigenvalue weighted by atomic mass is 9.81. The Morgan fingerprint density at radius 1 is 1.14 bits per heavy atom. The van der Waals surface area contributed by atoms with E-state index in [-0.39, 0.29) is 6.54 Å². The first kappa shape index (κ1) is 25.8. The van der Waals surface area contributed by atoms with Crippen LogP contribution in [0.3, 0.4) is 0 Å². The van der Waals surface area contributed by atoms with Gasteiger partial charge in [0.15, 0.2) is 6.10 Å². The smallest absolute Gasteiger partial charge is 0.337 e. The van der Waals surface area contributed by atoms with Gasteiger partial charge < -0.3 is 9.84 Å². The normalized spacial score (nSPS) is 14.2. The minimum atomic E-state index is -3.81. The average molecular weight is 513 g/mol. The topological polar surface area (TPSA) is 96.8 Å². The molecule has 9 heteroatoms. The molecule has 0 unspecified atom stereocenters. The lowest BCUT2D eigenvalue weighted by Crippen LogP contribution is -2.35. The van der Waals surface area contributed by atoms with Crippen LogP contribution < -0.4 is 4.31 Å². The summed E-state index contributed by atoms with van der Waals surface area (Å²) in [6.45, 7) is 8.69. The van der Waals surface area contributed by atoms with Gasteiger partial charge in [-0.1, -0.05) is 30.3 Å². The van der Waals surface area contributed by atoms with E-state index in [1.165, 1.54) is 10.4 Å². The Kier molecular flexibility index (Phi) is 6.43. The van der Waals surface area contributed by atoms with E-state index in [9.17, 15) is 22.7 Å². The first-order chi connectivity index (χ1) is 16.7. The molecule has 0 saturated heterocycles. The van der Waals surface area contributed by atoms with Crippen LogP contribution in [-0.2, 0) is 26.1 Å². The summed E-state index contributed by atoms with van der Waals surface area (Å²) in [7, 11) is -3.81. The molecule has 0 bridgehead atoms. The largest absolute Gasteiger partial charge is 0.479 e. The highest BCUT2D eigenvalue weighted by atomic mass is 32.2. The zero-order valence-corrected chi connectivity index (χ0v) is 21.9. The van der Waals surface area contributed by atoms with Crippen molar-refractivity contribution in [2.75, 3.05) is 10.6 Å². The highest BCUT2D eigenvalue weighted by molar-refractivity contribution is 7.92. The Morgan fingerprint density at radius 2 is 1.78 bits per heavy atom. The van der Waals surface area contributed by atoms with Crippen molar-refractivity contribution in [3.63, 3.8) is 0 Å². The van der Waals surface area contributed by atoms with Gasteiger partial charge in [0, 0.05) is 16.7 Å². The molecule has 0 saturated carbocycles. The Morgan fingerprint density at radius 3 is 2.33 bits per heavy atom. The Hall–Kier alpha value is -3.30. The van der Waals surface area contributed by atoms with Crippen LogP contribution in [0.15, 0.2) is 42.6 Å². The molecule has 2 heterocycles. The Balaban J connectivity index is 2.21. The molecular weight excluding hydrogens is 483 g/mol. The van der Waals surface area contributed by atoms with E-state index in [0.717, 1.165) is 18.0 Å². The summed E-state index contributed by atoms with van der Waals surface area (Å²) in [6.07, 6.45) is 0.814. The van der Waals surface area contributed by atoms with Crippen LogP contribution in [0.1, 0.15) is 49.1 Å². The quantitative estimate of drug-likeness (QED) is 0.492. The Bertz CT molecular complexity index is 1460. The number of nitrogens with zero attached hydrogens (tertiary/aromatic N) is 2. The van der Waals surface area contributed by atoms with Gasteiger partial charge in [-0.25, -0.2) is 17.6 Å². The van der Waals surface area contributed by atoms with Gasteiger partial charge in [-0.15, -0.1) is 0 Å². The van der Waals surface area contributed by atoms with E-state index >= 15 is 0 Å². The molecule has 1 aliphatic heterocycles. The molecule has 0 amide bonds. The van der Waals surface area contributed by atoms with Crippen molar-refractivity contribution in [1.82, 2.24) is 4.98 Å². The maximum atomic E-state index is 14.1. The number of hydrogen-bond acceptors (Lipinski definition) is 5. The summed E-state index contributed by atoms with van der Waals surface area (Å²) in [5, 5.41) is 10.3. The molecule has 1 aliphatic rings. The molecule has 1 atom stereocenters. The fraction of sp³-hybridized carbons (Fsp3) is 0.333. The summed E-state index contributed by atoms with van der Waals surface area (Å²) in [5.74, 6) is -1.75. The summed E-state index contributed by atoms with van der Waals surface area (Å²) < 4.78 is 47.3. The molecule has 0 aliphatic carbocycles. The number of anilines is 1. The van der Waals surface area contributed by atoms with Gasteiger partial charge in [-0.3, -0.25) is 9.29 Å². The van der Waals surface area contributed by atoms with E-state index in [4.69, 9.17) is 4.74 Å². The monoisotopic (exact) mass is 512 g/mol. The number of carboxylic acid groups (broad SMARTS) is 1. The summed E-state index contributed by atoms with van der Waals surface area (Å²) in [4.78, 5) is 16.9. The molecule has 4 rings (SSSR count). The molecule has 0 radical (unpaired) electrons. The van der Waals surface area contributed by atoms with Crippen LogP contribution >= 0.6 is 0 Å². The van der Waals surface area contributed by atoms with Gasteiger partial charge in [0.25, 0.3) is 0 Å². The zero-order chi connectivity index (χ0) is 26.6. The van der Waals surface area contributed by atoms with E-state index in [2.05, 4.69) is 4.98 Å². The fourth-order valence-corrected chi connectivity index (χ4v) is 5.78. The average Bonchev–Trinajstić information content (AvgIpc) is 2.77. The minimum absolute atomic E-state index is 0.117. The van der Waals surface area contributed by atoms with E-state index in [1.807, 2.05) is 30.3 Å². The van der Waals surface area contributed by atoms with Crippen LogP contribution in [0, 0.1) is 19.7 Å². The molecule has 7 nitrogen and oxygen atoms in total. The third kappa shape index (κ3) is 4.60. The highest BCUT2D eigenvalue weighted by Crippen LogP contribution is 2.50. The highest BCUT2D eigenvalue weighted by Gasteiger charge is 2.39. The number of fused-ring (bicyclic) bond motifs is 3. The number of sulfonamides is 1. The van der Waals surface area contributed by atoms with Crippen molar-refractivity contribution in [3.05, 3.63) is 70.7 Å². The number of halogens is 1. The Labute approximate surface area is 210 Å². The molecule has 190 valence electrons. The number of carbonyl (C=O) groups is 1. The number of hydrogen-bond donors (Lipinski definition) is 1. The number of ether oxygens (including phenoxy) is 1. The number of carboxylic acids is 1. The lowest BCUT2D eigenvalue weighted by molar-refractivity contribution is -0.160. The van der Waals surface area contributed by atoms with Gasteiger partial charge in [-0.05, 0) is 62.9 Å². The summed E-state index contributed by atoms with van der Waals surface area (Å²) >= 11 is 0. The first-order valence-electron chi connectivity index (χ1n) is 11.5. The summed E-state index contributed by atoms with van der Waals surface area (Å²) in [6, 6.07) is 10.6. The van der Waals surface area contributed by atoms with Crippen LogP contribution in [0.2, 0.25) is 0 Å². The molecule has 0 fully saturated rings. The first-order valence-corrected chi connectivity index (χ1v) is 13.3. The van der Waals surface area contributed by atoms with Crippen molar-refractivity contribution in [2.45, 2.75) is 52.9 Å². The van der Waals surface area contributed by atoms with Gasteiger partial charge in [0.2, 0.25) is 10.0 Å². The maximum Gasteiger partial charge on any atom is 0.337 e. The maximum absolute atomic E-state index is 14.1. The lowest BCUT2D eigenvalue weighted by Gasteiger charge is -2.36. The SMILES string of the molecule is Cc1c(-c2ccccc2)c([C@H](OC(C)(C)C)C(=O)O)c(C)c2c1-c1ncc(F)cc1CN2S(C)(=O)=O. The molecule has 1 aromatic heterocycles. The molecule has 3 aromatic rings. The second-order valence-electron chi connectivity index (χ2n) is 10.0. The zero-order valence-electron chi connectivity index (χ0n) is 21.1. The number of pyridine rings is 1. The van der Waals surface area contributed by atoms with E-state index in [0.29, 0.717) is 44.8 Å². The van der Waals surface area contributed by atoms with Crippen LogP contribution in [-0.4, -0.2) is 36.3 Å². The standard InChI is InChI=1S/C27H29FN2O5S/c1-15-20(17-10-8-7-9-11-17)21(25(26(31)32)35-27(3,4)5)16(2)24-22(15)23-18(12-19(28)13-29-23)14-30(24)36(6,33)34/h7-13,25H,14H2,1-6H3,(H,31,32)/t25-/m0/s1. The van der Waals surface area contributed by atoms with E-state index < -0.39 is 33.5 Å². The van der Waals surface area contributed by atoms with Crippen LogP contribution in [0.5, 0.6) is 0 Å². The predicted molar refractivity (Wildman–Crippen MR) is 137 cm³/mol. The molecule has 0 spiro atoms. The number of rotatable bonds is 5. The minimum Gasteiger partial charge on any atom is -0.479 e. The molecule has 2 aromatic carbocycles. The van der Waals surface area contributed by atoms with Gasteiger partial charge in [0.05, 0.1) is 36.0 Å². The van der Waals surface area contributed by atoms with Crippen molar-refractivity contribution in [2.24, 2.45) is 0 Å². The predicted octanol–water partition coefficient (Wildman–Crippen LogP) is 5.39. The molecule has 36 heavy (non-hydrogen) atoms. The molecule has 1 N–H and O–H groups in total. The third-order valence-corrected chi connectivity index (χ3v) is 7.28. The number of benzene rings is 2. The number of aromatic nitrogens is 1. The van der Waals surface area contributed by atoms with Gasteiger partial charge in [-0.2, -0.15) is 0 Å². The van der Waals surface area contributed by atoms with Gasteiger partial charge >= 0.3 is 5.97 Å². The van der Waals surface area contributed by atoms with Crippen LogP contribution in [0.4, 0.5) is 10.1 Å². The van der Waals surface area contributed by atoms with E-state index in [1.54, 1.807) is 34.6 Å². The number of aliphatic carboxylic acids is 1. The third-order valence-electron chi connectivity index (χ3n) is 6.17. The van der Waals surface area contributed by atoms with Crippen molar-refractivity contribution < 1.29 is 27.4 Å².